The summed E-state index contributed by atoms with van der Waals surface area (Å²) in [5.41, 5.74) is 0. The SMILES string of the molecule is CN=C(NCCCCn1cnnc1)NC1CC2CCC1O2. The first kappa shape index (κ1) is 14.3. The average Bonchev–Trinajstić information content (AvgIpc) is 3.23. The van der Waals surface area contributed by atoms with Gasteiger partial charge in [0.05, 0.1) is 18.2 Å². The summed E-state index contributed by atoms with van der Waals surface area (Å²) in [5, 5.41) is 14.5. The average molecular weight is 292 g/mol. The van der Waals surface area contributed by atoms with Crippen molar-refractivity contribution in [2.45, 2.75) is 56.9 Å². The number of hydrogen-bond donors (Lipinski definition) is 2. The zero-order chi connectivity index (χ0) is 14.5. The van der Waals surface area contributed by atoms with Gasteiger partial charge in [-0.3, -0.25) is 4.99 Å². The van der Waals surface area contributed by atoms with Crippen LogP contribution in [0.3, 0.4) is 0 Å². The van der Waals surface area contributed by atoms with Gasteiger partial charge in [-0.25, -0.2) is 0 Å². The van der Waals surface area contributed by atoms with E-state index in [9.17, 15) is 0 Å². The first-order valence-electron chi connectivity index (χ1n) is 7.80. The largest absolute Gasteiger partial charge is 0.373 e. The molecule has 2 bridgehead atoms. The second-order valence-electron chi connectivity index (χ2n) is 5.77. The summed E-state index contributed by atoms with van der Waals surface area (Å²) in [4.78, 5) is 4.30. The van der Waals surface area contributed by atoms with Crippen molar-refractivity contribution in [3.05, 3.63) is 12.7 Å². The molecule has 7 nitrogen and oxygen atoms in total. The number of hydrogen-bond acceptors (Lipinski definition) is 4. The minimum Gasteiger partial charge on any atom is -0.373 e. The van der Waals surface area contributed by atoms with E-state index in [4.69, 9.17) is 4.74 Å². The Morgan fingerprint density at radius 2 is 2.19 bits per heavy atom. The monoisotopic (exact) mass is 292 g/mol. The highest BCUT2D eigenvalue weighted by Gasteiger charge is 2.40. The summed E-state index contributed by atoms with van der Waals surface area (Å²) in [6.07, 6.45) is 10.0. The zero-order valence-electron chi connectivity index (χ0n) is 12.5. The van der Waals surface area contributed by atoms with Crippen LogP contribution in [0.25, 0.3) is 0 Å². The van der Waals surface area contributed by atoms with Gasteiger partial charge in [-0.1, -0.05) is 0 Å². The van der Waals surface area contributed by atoms with Gasteiger partial charge < -0.3 is 19.9 Å². The van der Waals surface area contributed by atoms with Crippen LogP contribution in [0, 0.1) is 0 Å². The second kappa shape index (κ2) is 6.89. The van der Waals surface area contributed by atoms with Crippen molar-refractivity contribution in [2.24, 2.45) is 4.99 Å². The van der Waals surface area contributed by atoms with E-state index in [1.54, 1.807) is 12.7 Å². The molecule has 0 aliphatic carbocycles. The van der Waals surface area contributed by atoms with Gasteiger partial charge >= 0.3 is 0 Å². The number of aromatic nitrogens is 3. The van der Waals surface area contributed by atoms with Gasteiger partial charge in [0.1, 0.15) is 12.7 Å². The quantitative estimate of drug-likeness (QED) is 0.455. The molecule has 3 heterocycles. The van der Waals surface area contributed by atoms with Gasteiger partial charge in [0, 0.05) is 20.1 Å². The molecule has 21 heavy (non-hydrogen) atoms. The number of unbranched alkanes of at least 4 members (excludes halogenated alkanes) is 1. The lowest BCUT2D eigenvalue weighted by Gasteiger charge is -2.22. The van der Waals surface area contributed by atoms with Gasteiger partial charge in [0.2, 0.25) is 0 Å². The third-order valence-corrected chi connectivity index (χ3v) is 4.25. The molecular weight excluding hydrogens is 268 g/mol. The Labute approximate surface area is 125 Å². The van der Waals surface area contributed by atoms with E-state index >= 15 is 0 Å². The molecule has 2 aliphatic heterocycles. The Balaban J connectivity index is 1.32. The molecule has 0 saturated carbocycles. The maximum Gasteiger partial charge on any atom is 0.191 e. The van der Waals surface area contributed by atoms with E-state index in [2.05, 4.69) is 25.8 Å². The molecule has 2 saturated heterocycles. The van der Waals surface area contributed by atoms with Crippen LogP contribution in [-0.4, -0.2) is 52.6 Å². The Hall–Kier alpha value is -1.63. The van der Waals surface area contributed by atoms with Crippen LogP contribution in [-0.2, 0) is 11.3 Å². The lowest BCUT2D eigenvalue weighted by molar-refractivity contribution is 0.0992. The molecule has 3 rings (SSSR count). The maximum atomic E-state index is 5.85. The summed E-state index contributed by atoms with van der Waals surface area (Å²) in [6, 6.07) is 0.423. The topological polar surface area (TPSA) is 76.4 Å². The highest BCUT2D eigenvalue weighted by atomic mass is 16.5. The Bertz CT molecular complexity index is 460. The van der Waals surface area contributed by atoms with Crippen molar-refractivity contribution >= 4 is 5.96 Å². The summed E-state index contributed by atoms with van der Waals surface area (Å²) < 4.78 is 7.85. The highest BCUT2D eigenvalue weighted by Crippen LogP contribution is 2.34. The minimum atomic E-state index is 0.377. The van der Waals surface area contributed by atoms with Crippen LogP contribution in [0.1, 0.15) is 32.1 Å². The maximum absolute atomic E-state index is 5.85. The normalized spacial score (nSPS) is 28.0. The first-order valence-corrected chi connectivity index (χ1v) is 7.80. The van der Waals surface area contributed by atoms with Crippen molar-refractivity contribution in [1.29, 1.82) is 0 Å². The van der Waals surface area contributed by atoms with E-state index in [1.807, 2.05) is 11.6 Å². The fraction of sp³-hybridized carbons (Fsp3) is 0.786. The lowest BCUT2D eigenvalue weighted by Crippen LogP contribution is -2.47. The second-order valence-corrected chi connectivity index (χ2v) is 5.77. The van der Waals surface area contributed by atoms with Gasteiger partial charge in [0.15, 0.2) is 5.96 Å². The van der Waals surface area contributed by atoms with Crippen LogP contribution >= 0.6 is 0 Å². The van der Waals surface area contributed by atoms with Crippen LogP contribution in [0.5, 0.6) is 0 Å². The predicted octanol–water partition coefficient (Wildman–Crippen LogP) is 0.543. The molecule has 1 aromatic rings. The van der Waals surface area contributed by atoms with Crippen molar-refractivity contribution in [2.75, 3.05) is 13.6 Å². The fourth-order valence-electron chi connectivity index (χ4n) is 3.12. The number of nitrogens with zero attached hydrogens (tertiary/aromatic N) is 4. The highest BCUT2D eigenvalue weighted by molar-refractivity contribution is 5.80. The third kappa shape index (κ3) is 3.72. The van der Waals surface area contributed by atoms with Crippen LogP contribution in [0.4, 0.5) is 0 Å². The molecule has 2 aliphatic rings. The number of rotatable bonds is 6. The molecule has 116 valence electrons. The summed E-state index contributed by atoms with van der Waals surface area (Å²) in [7, 11) is 1.82. The van der Waals surface area contributed by atoms with E-state index in [-0.39, 0.29) is 0 Å². The van der Waals surface area contributed by atoms with Gasteiger partial charge in [-0.05, 0) is 32.1 Å². The van der Waals surface area contributed by atoms with Crippen molar-refractivity contribution in [3.63, 3.8) is 0 Å². The lowest BCUT2D eigenvalue weighted by atomic mass is 9.96. The molecule has 0 radical (unpaired) electrons. The van der Waals surface area contributed by atoms with Crippen LogP contribution in [0.2, 0.25) is 0 Å². The molecular formula is C14H24N6O. The fourth-order valence-corrected chi connectivity index (χ4v) is 3.12. The van der Waals surface area contributed by atoms with Crippen molar-refractivity contribution in [1.82, 2.24) is 25.4 Å². The van der Waals surface area contributed by atoms with Crippen molar-refractivity contribution < 1.29 is 4.74 Å². The van der Waals surface area contributed by atoms with Crippen LogP contribution in [0.15, 0.2) is 17.6 Å². The third-order valence-electron chi connectivity index (χ3n) is 4.25. The van der Waals surface area contributed by atoms with Crippen molar-refractivity contribution in [3.8, 4) is 0 Å². The van der Waals surface area contributed by atoms with Gasteiger partial charge in [0.25, 0.3) is 0 Å². The van der Waals surface area contributed by atoms with E-state index < -0.39 is 0 Å². The Morgan fingerprint density at radius 1 is 1.33 bits per heavy atom. The summed E-state index contributed by atoms with van der Waals surface area (Å²) in [5.74, 6) is 0.889. The molecule has 0 spiro atoms. The predicted molar refractivity (Wildman–Crippen MR) is 80.1 cm³/mol. The number of nitrogens with one attached hydrogen (secondary N) is 2. The Kier molecular flexibility index (Phi) is 4.69. The number of fused-ring (bicyclic) bond motifs is 2. The molecule has 7 heteroatoms. The van der Waals surface area contributed by atoms with Gasteiger partial charge in [-0.2, -0.15) is 0 Å². The molecule has 2 N–H and O–H groups in total. The number of aliphatic imine (C=N–C) groups is 1. The summed E-state index contributed by atoms with van der Waals surface area (Å²) >= 11 is 0. The number of guanidine groups is 1. The molecule has 3 unspecified atom stereocenters. The number of aryl methyl sites for hydroxylation is 1. The number of ether oxygens (including phenoxy) is 1. The van der Waals surface area contributed by atoms with E-state index in [0.717, 1.165) is 38.3 Å². The molecule has 3 atom stereocenters. The zero-order valence-corrected chi connectivity index (χ0v) is 12.5. The smallest absolute Gasteiger partial charge is 0.191 e. The van der Waals surface area contributed by atoms with Crippen LogP contribution < -0.4 is 10.6 Å². The molecule has 1 aromatic heterocycles. The standard InChI is InChI=1S/C14H24N6O/c1-15-14(19-12-8-11-4-5-13(12)21-11)16-6-2-3-7-20-9-17-18-10-20/h9-13H,2-8H2,1H3,(H2,15,16,19). The molecule has 0 aromatic carbocycles. The van der Waals surface area contributed by atoms with E-state index in [1.165, 1.54) is 12.8 Å². The van der Waals surface area contributed by atoms with E-state index in [0.29, 0.717) is 18.2 Å². The Morgan fingerprint density at radius 3 is 2.86 bits per heavy atom. The first-order chi connectivity index (χ1) is 10.3. The minimum absolute atomic E-state index is 0.377. The van der Waals surface area contributed by atoms with Gasteiger partial charge in [-0.15, -0.1) is 10.2 Å². The molecule has 0 amide bonds. The molecule has 2 fully saturated rings. The summed E-state index contributed by atoms with van der Waals surface area (Å²) in [6.45, 7) is 1.88.